The van der Waals surface area contributed by atoms with Crippen molar-refractivity contribution in [3.05, 3.63) is 0 Å². The van der Waals surface area contributed by atoms with Gasteiger partial charge in [0.2, 0.25) is 0 Å². The Morgan fingerprint density at radius 3 is 2.16 bits per heavy atom. The number of ether oxygens (including phenoxy) is 2. The van der Waals surface area contributed by atoms with Crippen molar-refractivity contribution in [1.82, 2.24) is 10.6 Å². The van der Waals surface area contributed by atoms with Crippen LogP contribution >= 0.6 is 0 Å². The van der Waals surface area contributed by atoms with E-state index in [0.717, 1.165) is 6.42 Å². The van der Waals surface area contributed by atoms with Gasteiger partial charge in [-0.25, -0.2) is 0 Å². The summed E-state index contributed by atoms with van der Waals surface area (Å²) in [7, 11) is 2.74. The molecule has 0 saturated heterocycles. The first-order valence-electron chi connectivity index (χ1n) is 6.38. The normalized spacial score (nSPS) is 12.9. The van der Waals surface area contributed by atoms with Crippen molar-refractivity contribution >= 4 is 11.9 Å². The van der Waals surface area contributed by atoms with Crippen LogP contribution in [0, 0.1) is 5.41 Å². The van der Waals surface area contributed by atoms with Crippen molar-refractivity contribution in [2.24, 2.45) is 5.41 Å². The molecule has 0 spiro atoms. The molecule has 0 rings (SSSR count). The highest BCUT2D eigenvalue weighted by molar-refractivity contribution is 5.71. The van der Waals surface area contributed by atoms with E-state index in [1.165, 1.54) is 14.2 Å². The Hall–Kier alpha value is -1.14. The molecule has 0 radical (unpaired) electrons. The number of carbonyl (C=O) groups excluding carboxylic acids is 2. The van der Waals surface area contributed by atoms with E-state index in [-0.39, 0.29) is 36.5 Å². The Morgan fingerprint density at radius 1 is 1.11 bits per heavy atom. The van der Waals surface area contributed by atoms with Gasteiger partial charge in [0.15, 0.2) is 0 Å². The molecular formula is C13H26N2O4. The molecule has 19 heavy (non-hydrogen) atoms. The monoisotopic (exact) mass is 274 g/mol. The highest BCUT2D eigenvalue weighted by Crippen LogP contribution is 2.21. The Balaban J connectivity index is 3.92. The summed E-state index contributed by atoms with van der Waals surface area (Å²) in [6.07, 6.45) is 0.873. The van der Waals surface area contributed by atoms with Crippen LogP contribution in [0.1, 0.15) is 27.2 Å². The lowest BCUT2D eigenvalue weighted by molar-refractivity contribution is -0.140. The van der Waals surface area contributed by atoms with Crippen LogP contribution in [0.3, 0.4) is 0 Å². The maximum Gasteiger partial charge on any atom is 0.319 e. The molecule has 0 aliphatic heterocycles. The minimum absolute atomic E-state index is 0.0105. The molecule has 112 valence electrons. The average molecular weight is 274 g/mol. The number of carbonyl (C=O) groups is 2. The summed E-state index contributed by atoms with van der Waals surface area (Å²) in [5.74, 6) is -0.541. The van der Waals surface area contributed by atoms with Gasteiger partial charge in [-0.05, 0) is 18.8 Å². The maximum absolute atomic E-state index is 11.0. The third-order valence-electron chi connectivity index (χ3n) is 2.78. The molecule has 6 nitrogen and oxygen atoms in total. The van der Waals surface area contributed by atoms with Crippen LogP contribution in [-0.2, 0) is 19.1 Å². The smallest absolute Gasteiger partial charge is 0.319 e. The summed E-state index contributed by atoms with van der Waals surface area (Å²) in [4.78, 5) is 22.0. The van der Waals surface area contributed by atoms with E-state index in [1.54, 1.807) is 0 Å². The first kappa shape index (κ1) is 17.9. The summed E-state index contributed by atoms with van der Waals surface area (Å²) in [5.41, 5.74) is 0.0105. The Kier molecular flexibility index (Phi) is 8.34. The second-order valence-corrected chi connectivity index (χ2v) is 5.41. The highest BCUT2D eigenvalue weighted by atomic mass is 16.5. The lowest BCUT2D eigenvalue weighted by Gasteiger charge is -2.28. The molecule has 0 bridgehead atoms. The lowest BCUT2D eigenvalue weighted by Crippen LogP contribution is -2.40. The van der Waals surface area contributed by atoms with Crippen LogP contribution in [0.15, 0.2) is 0 Å². The van der Waals surface area contributed by atoms with Gasteiger partial charge in [-0.15, -0.1) is 0 Å². The van der Waals surface area contributed by atoms with Crippen molar-refractivity contribution in [3.8, 4) is 0 Å². The molecule has 1 atom stereocenters. The minimum Gasteiger partial charge on any atom is -0.468 e. The van der Waals surface area contributed by atoms with Gasteiger partial charge < -0.3 is 20.1 Å². The molecule has 0 fully saturated rings. The zero-order valence-electron chi connectivity index (χ0n) is 12.5. The Morgan fingerprint density at radius 2 is 1.63 bits per heavy atom. The topological polar surface area (TPSA) is 76.7 Å². The van der Waals surface area contributed by atoms with Gasteiger partial charge >= 0.3 is 11.9 Å². The van der Waals surface area contributed by atoms with Crippen LogP contribution in [0.5, 0.6) is 0 Å². The number of hydrogen-bond donors (Lipinski definition) is 2. The number of rotatable bonds is 9. The summed E-state index contributed by atoms with van der Waals surface area (Å²) in [6.45, 7) is 7.35. The molecule has 0 amide bonds. The van der Waals surface area contributed by atoms with Crippen LogP contribution in [-0.4, -0.2) is 51.8 Å². The zero-order chi connectivity index (χ0) is 14.9. The third-order valence-corrected chi connectivity index (χ3v) is 2.78. The maximum atomic E-state index is 11.0. The van der Waals surface area contributed by atoms with Crippen LogP contribution in [0.4, 0.5) is 0 Å². The number of nitrogens with one attached hydrogen (secondary N) is 2. The van der Waals surface area contributed by atoms with Gasteiger partial charge in [-0.3, -0.25) is 9.59 Å². The molecular weight excluding hydrogens is 248 g/mol. The van der Waals surface area contributed by atoms with E-state index >= 15 is 0 Å². The van der Waals surface area contributed by atoms with Crippen LogP contribution < -0.4 is 10.6 Å². The molecule has 0 heterocycles. The number of esters is 2. The Bertz CT molecular complexity index is 292. The molecule has 2 N–H and O–H groups in total. The number of methoxy groups -OCH3 is 2. The van der Waals surface area contributed by atoms with Gasteiger partial charge in [0, 0.05) is 12.6 Å². The second-order valence-electron chi connectivity index (χ2n) is 5.41. The standard InChI is InChI=1S/C13H26N2O4/c1-10(15-8-12(17)19-5)6-13(2,3)9-14-7-11(16)18-4/h10,14-15H,6-9H2,1-5H3. The molecule has 0 saturated carbocycles. The van der Waals surface area contributed by atoms with Gasteiger partial charge in [0.05, 0.1) is 27.3 Å². The lowest BCUT2D eigenvalue weighted by atomic mass is 9.86. The van der Waals surface area contributed by atoms with E-state index in [2.05, 4.69) is 34.0 Å². The first-order chi connectivity index (χ1) is 8.80. The fourth-order valence-corrected chi connectivity index (χ4v) is 1.88. The summed E-state index contributed by atoms with van der Waals surface area (Å²) < 4.78 is 9.13. The fourth-order valence-electron chi connectivity index (χ4n) is 1.88. The molecule has 0 aromatic carbocycles. The van der Waals surface area contributed by atoms with Gasteiger partial charge in [-0.1, -0.05) is 13.8 Å². The van der Waals surface area contributed by atoms with Gasteiger partial charge in [0.1, 0.15) is 0 Å². The molecule has 0 aromatic rings. The minimum atomic E-state index is -0.271. The average Bonchev–Trinajstić information content (AvgIpc) is 2.34. The van der Waals surface area contributed by atoms with E-state index in [9.17, 15) is 9.59 Å². The largest absolute Gasteiger partial charge is 0.468 e. The molecule has 1 unspecified atom stereocenters. The summed E-state index contributed by atoms with van der Waals surface area (Å²) in [6, 6.07) is 0.189. The van der Waals surface area contributed by atoms with Crippen molar-refractivity contribution in [1.29, 1.82) is 0 Å². The van der Waals surface area contributed by atoms with Gasteiger partial charge in [0.25, 0.3) is 0 Å². The molecule has 6 heteroatoms. The third kappa shape index (κ3) is 9.44. The van der Waals surface area contributed by atoms with Crippen LogP contribution in [0.2, 0.25) is 0 Å². The quantitative estimate of drug-likeness (QED) is 0.590. The highest BCUT2D eigenvalue weighted by Gasteiger charge is 2.21. The molecule has 0 aliphatic carbocycles. The van der Waals surface area contributed by atoms with E-state index in [0.29, 0.717) is 6.54 Å². The zero-order valence-corrected chi connectivity index (χ0v) is 12.5. The van der Waals surface area contributed by atoms with Crippen LogP contribution in [0.25, 0.3) is 0 Å². The number of hydrogen-bond acceptors (Lipinski definition) is 6. The van der Waals surface area contributed by atoms with Crippen molar-refractivity contribution in [3.63, 3.8) is 0 Å². The summed E-state index contributed by atoms with van der Waals surface area (Å²) >= 11 is 0. The van der Waals surface area contributed by atoms with E-state index < -0.39 is 0 Å². The van der Waals surface area contributed by atoms with E-state index in [1.807, 2.05) is 6.92 Å². The fraction of sp³-hybridized carbons (Fsp3) is 0.846. The predicted molar refractivity (Wildman–Crippen MR) is 72.8 cm³/mol. The van der Waals surface area contributed by atoms with E-state index in [4.69, 9.17) is 0 Å². The van der Waals surface area contributed by atoms with Crippen molar-refractivity contribution in [2.75, 3.05) is 33.9 Å². The predicted octanol–water partition coefficient (Wildman–Crippen LogP) is 0.316. The molecule has 0 aliphatic rings. The first-order valence-corrected chi connectivity index (χ1v) is 6.38. The van der Waals surface area contributed by atoms with Crippen molar-refractivity contribution < 1.29 is 19.1 Å². The SMILES string of the molecule is COC(=O)CNCC(C)(C)CC(C)NCC(=O)OC. The Labute approximate surface area is 115 Å². The second kappa shape index (κ2) is 8.87. The molecule has 0 aromatic heterocycles. The van der Waals surface area contributed by atoms with Crippen molar-refractivity contribution in [2.45, 2.75) is 33.2 Å². The van der Waals surface area contributed by atoms with Gasteiger partial charge in [-0.2, -0.15) is 0 Å². The summed E-state index contributed by atoms with van der Waals surface area (Å²) in [5, 5.41) is 6.17.